The van der Waals surface area contributed by atoms with Gasteiger partial charge in [-0.25, -0.2) is 4.39 Å². The highest BCUT2D eigenvalue weighted by Crippen LogP contribution is 2.38. The molecule has 30 heavy (non-hydrogen) atoms. The zero-order valence-corrected chi connectivity index (χ0v) is 17.7. The fourth-order valence-electron chi connectivity index (χ4n) is 4.88. The fourth-order valence-corrected chi connectivity index (χ4v) is 5.76. The molecule has 0 atom stereocenters. The minimum Gasteiger partial charge on any atom is -0.371 e. The number of anilines is 1. The van der Waals surface area contributed by atoms with Gasteiger partial charge in [0.2, 0.25) is 0 Å². The van der Waals surface area contributed by atoms with Crippen LogP contribution in [0.15, 0.2) is 24.3 Å². The van der Waals surface area contributed by atoms with E-state index in [-0.39, 0.29) is 17.6 Å². The highest BCUT2D eigenvalue weighted by atomic mass is 32.1. The Morgan fingerprint density at radius 1 is 1.20 bits per heavy atom. The Morgan fingerprint density at radius 2 is 1.97 bits per heavy atom. The summed E-state index contributed by atoms with van der Waals surface area (Å²) in [6.07, 6.45) is 2.60. The number of halogens is 1. The van der Waals surface area contributed by atoms with Gasteiger partial charge in [-0.05, 0) is 73.1 Å². The average molecular weight is 424 g/mol. The first-order valence-corrected chi connectivity index (χ1v) is 11.1. The number of carbonyl (C=O) groups excluding carboxylic acids is 2. The fraction of sp³-hybridized carbons (Fsp3) is 0.348. The molecule has 1 N–H and O–H groups in total. The second kappa shape index (κ2) is 7.16. The SMILES string of the molecule is CCc1c(C)c(N2CCC(c3nsc4cc(F)ccc34)CC2)cc2c1C(=O)NC2=O. The van der Waals surface area contributed by atoms with E-state index in [1.54, 1.807) is 6.07 Å². The summed E-state index contributed by atoms with van der Waals surface area (Å²) in [6, 6.07) is 6.77. The standard InChI is InChI=1S/C23H22FN3O2S/c1-3-15-12(2)18(11-17-20(15)23(29)25-22(17)28)27-8-6-13(7-9-27)21-16-5-4-14(24)10-19(16)30-26-21/h4-5,10-11,13H,3,6-9H2,1-2H3,(H,25,28,29). The minimum atomic E-state index is -0.304. The molecule has 154 valence electrons. The molecule has 3 aromatic rings. The van der Waals surface area contributed by atoms with Gasteiger partial charge in [-0.2, -0.15) is 4.37 Å². The molecule has 0 bridgehead atoms. The number of piperidine rings is 1. The molecule has 0 spiro atoms. The number of amides is 2. The molecule has 0 saturated carbocycles. The number of benzene rings is 2. The van der Waals surface area contributed by atoms with Crippen LogP contribution in [0, 0.1) is 12.7 Å². The molecule has 1 aromatic heterocycles. The number of hydrogen-bond acceptors (Lipinski definition) is 5. The van der Waals surface area contributed by atoms with E-state index in [0.717, 1.165) is 58.5 Å². The molecule has 2 aliphatic rings. The van der Waals surface area contributed by atoms with Gasteiger partial charge in [0, 0.05) is 30.1 Å². The van der Waals surface area contributed by atoms with E-state index in [1.165, 1.54) is 17.6 Å². The van der Waals surface area contributed by atoms with Crippen LogP contribution in [-0.2, 0) is 6.42 Å². The first kappa shape index (κ1) is 19.2. The van der Waals surface area contributed by atoms with Crippen molar-refractivity contribution >= 4 is 39.1 Å². The smallest absolute Gasteiger partial charge is 0.259 e. The van der Waals surface area contributed by atoms with Gasteiger partial charge in [0.05, 0.1) is 21.5 Å². The van der Waals surface area contributed by atoms with Gasteiger partial charge in [0.25, 0.3) is 11.8 Å². The van der Waals surface area contributed by atoms with Crippen LogP contribution in [0.4, 0.5) is 10.1 Å². The molecular weight excluding hydrogens is 401 g/mol. The second-order valence-corrected chi connectivity index (χ2v) is 8.83. The molecule has 5 rings (SSSR count). The summed E-state index contributed by atoms with van der Waals surface area (Å²) in [7, 11) is 0. The third-order valence-electron chi connectivity index (χ3n) is 6.43. The van der Waals surface area contributed by atoms with Crippen LogP contribution < -0.4 is 10.2 Å². The molecule has 3 heterocycles. The largest absolute Gasteiger partial charge is 0.371 e. The van der Waals surface area contributed by atoms with E-state index in [2.05, 4.69) is 14.6 Å². The number of nitrogens with zero attached hydrogens (tertiary/aromatic N) is 2. The van der Waals surface area contributed by atoms with Crippen molar-refractivity contribution < 1.29 is 14.0 Å². The molecule has 2 amide bonds. The van der Waals surface area contributed by atoms with Crippen LogP contribution in [0.25, 0.3) is 10.1 Å². The lowest BCUT2D eigenvalue weighted by molar-refractivity contribution is 0.0879. The number of hydrogen-bond donors (Lipinski definition) is 1. The van der Waals surface area contributed by atoms with Crippen molar-refractivity contribution in [2.24, 2.45) is 0 Å². The molecule has 1 fully saturated rings. The van der Waals surface area contributed by atoms with E-state index >= 15 is 0 Å². The van der Waals surface area contributed by atoms with Crippen molar-refractivity contribution in [2.45, 2.75) is 39.0 Å². The van der Waals surface area contributed by atoms with Gasteiger partial charge in [-0.15, -0.1) is 0 Å². The second-order valence-electron chi connectivity index (χ2n) is 8.03. The van der Waals surface area contributed by atoms with Gasteiger partial charge in [-0.1, -0.05) is 6.92 Å². The molecule has 0 unspecified atom stereocenters. The minimum absolute atomic E-state index is 0.228. The van der Waals surface area contributed by atoms with Gasteiger partial charge < -0.3 is 4.90 Å². The summed E-state index contributed by atoms with van der Waals surface area (Å²) < 4.78 is 19.0. The Kier molecular flexibility index (Phi) is 4.58. The molecule has 2 aromatic carbocycles. The van der Waals surface area contributed by atoms with Gasteiger partial charge in [-0.3, -0.25) is 14.9 Å². The maximum absolute atomic E-state index is 13.5. The number of fused-ring (bicyclic) bond motifs is 2. The average Bonchev–Trinajstić information content (AvgIpc) is 3.28. The predicted octanol–water partition coefficient (Wildman–Crippen LogP) is 4.57. The Balaban J connectivity index is 1.43. The first-order chi connectivity index (χ1) is 14.5. The zero-order chi connectivity index (χ0) is 21.0. The molecule has 0 aliphatic carbocycles. The van der Waals surface area contributed by atoms with E-state index in [4.69, 9.17) is 0 Å². The van der Waals surface area contributed by atoms with Crippen molar-refractivity contribution in [3.8, 4) is 0 Å². The predicted molar refractivity (Wildman–Crippen MR) is 116 cm³/mol. The highest BCUT2D eigenvalue weighted by molar-refractivity contribution is 7.13. The number of nitrogens with one attached hydrogen (secondary N) is 1. The lowest BCUT2D eigenvalue weighted by Gasteiger charge is -2.35. The van der Waals surface area contributed by atoms with Gasteiger partial charge in [0.15, 0.2) is 0 Å². The normalized spacial score (nSPS) is 17.0. The maximum atomic E-state index is 13.5. The van der Waals surface area contributed by atoms with Crippen LogP contribution in [0.1, 0.15) is 63.2 Å². The highest BCUT2D eigenvalue weighted by Gasteiger charge is 2.33. The molecule has 1 saturated heterocycles. The number of aromatic nitrogens is 1. The van der Waals surface area contributed by atoms with Crippen molar-refractivity contribution in [3.63, 3.8) is 0 Å². The number of rotatable bonds is 3. The van der Waals surface area contributed by atoms with Crippen molar-refractivity contribution in [1.29, 1.82) is 0 Å². The topological polar surface area (TPSA) is 62.3 Å². The number of carbonyl (C=O) groups is 2. The van der Waals surface area contributed by atoms with Crippen LogP contribution in [0.2, 0.25) is 0 Å². The number of imide groups is 1. The van der Waals surface area contributed by atoms with E-state index in [1.807, 2.05) is 26.0 Å². The Labute approximate surface area is 178 Å². The molecular formula is C23H22FN3O2S. The monoisotopic (exact) mass is 423 g/mol. The van der Waals surface area contributed by atoms with Crippen LogP contribution >= 0.6 is 11.5 Å². The summed E-state index contributed by atoms with van der Waals surface area (Å²) in [5, 5.41) is 3.48. The summed E-state index contributed by atoms with van der Waals surface area (Å²) in [4.78, 5) is 26.8. The summed E-state index contributed by atoms with van der Waals surface area (Å²) in [6.45, 7) is 5.76. The maximum Gasteiger partial charge on any atom is 0.259 e. The van der Waals surface area contributed by atoms with E-state index < -0.39 is 0 Å². The van der Waals surface area contributed by atoms with Crippen LogP contribution in [0.3, 0.4) is 0 Å². The Morgan fingerprint density at radius 3 is 2.70 bits per heavy atom. The van der Waals surface area contributed by atoms with Crippen molar-refractivity contribution in [3.05, 3.63) is 58.0 Å². The third-order valence-corrected chi connectivity index (χ3v) is 7.25. The zero-order valence-electron chi connectivity index (χ0n) is 16.9. The summed E-state index contributed by atoms with van der Waals surface area (Å²) >= 11 is 1.36. The quantitative estimate of drug-likeness (QED) is 0.627. The summed E-state index contributed by atoms with van der Waals surface area (Å²) in [5.74, 6) is -0.478. The van der Waals surface area contributed by atoms with Crippen LogP contribution in [-0.4, -0.2) is 29.3 Å². The van der Waals surface area contributed by atoms with Crippen LogP contribution in [0.5, 0.6) is 0 Å². The van der Waals surface area contributed by atoms with Gasteiger partial charge >= 0.3 is 0 Å². The molecule has 0 radical (unpaired) electrons. The van der Waals surface area contributed by atoms with Crippen molar-refractivity contribution in [2.75, 3.05) is 18.0 Å². The Hall–Kier alpha value is -2.80. The van der Waals surface area contributed by atoms with E-state index in [9.17, 15) is 14.0 Å². The molecule has 5 nitrogen and oxygen atoms in total. The molecule has 7 heteroatoms. The van der Waals surface area contributed by atoms with E-state index in [0.29, 0.717) is 23.5 Å². The summed E-state index contributed by atoms with van der Waals surface area (Å²) in [5.41, 5.74) is 5.18. The lowest BCUT2D eigenvalue weighted by Crippen LogP contribution is -2.34. The van der Waals surface area contributed by atoms with Crippen molar-refractivity contribution in [1.82, 2.24) is 9.69 Å². The Bertz CT molecular complexity index is 1190. The lowest BCUT2D eigenvalue weighted by atomic mass is 9.89. The van der Waals surface area contributed by atoms with Gasteiger partial charge in [0.1, 0.15) is 5.82 Å². The third kappa shape index (κ3) is 2.91. The first-order valence-electron chi connectivity index (χ1n) is 10.3. The molecule has 2 aliphatic heterocycles.